The van der Waals surface area contributed by atoms with Crippen molar-refractivity contribution in [3.8, 4) is 0 Å². The van der Waals surface area contributed by atoms with Crippen molar-refractivity contribution in [2.24, 2.45) is 29.6 Å². The monoisotopic (exact) mass is 387 g/mol. The summed E-state index contributed by atoms with van der Waals surface area (Å²) in [5.74, 6) is -5.67. The maximum absolute atomic E-state index is 13.5. The largest absolute Gasteiger partial charge is 0.392 e. The molecular weight excluding hydrogens is 360 g/mol. The molecular formula is C18H27F6NO. The molecule has 0 bridgehead atoms. The van der Waals surface area contributed by atoms with Crippen LogP contribution in [0.25, 0.3) is 0 Å². The van der Waals surface area contributed by atoms with Gasteiger partial charge in [0.1, 0.15) is 0 Å². The molecule has 1 saturated heterocycles. The van der Waals surface area contributed by atoms with E-state index in [0.29, 0.717) is 25.8 Å². The van der Waals surface area contributed by atoms with E-state index in [2.05, 4.69) is 5.32 Å². The van der Waals surface area contributed by atoms with Gasteiger partial charge in [0, 0.05) is 6.04 Å². The van der Waals surface area contributed by atoms with Gasteiger partial charge in [-0.1, -0.05) is 12.8 Å². The quantitative estimate of drug-likeness (QED) is 0.675. The highest BCUT2D eigenvalue weighted by molar-refractivity contribution is 4.99. The van der Waals surface area contributed by atoms with Crippen molar-refractivity contribution in [2.45, 2.75) is 75.9 Å². The van der Waals surface area contributed by atoms with Crippen LogP contribution in [0.5, 0.6) is 0 Å². The Kier molecular flexibility index (Phi) is 5.83. The third-order valence-corrected chi connectivity index (χ3v) is 6.87. The van der Waals surface area contributed by atoms with Gasteiger partial charge in [-0.2, -0.15) is 26.3 Å². The average Bonchev–Trinajstić information content (AvgIpc) is 2.58. The Bertz CT molecular complexity index is 473. The lowest BCUT2D eigenvalue weighted by Gasteiger charge is -2.51. The van der Waals surface area contributed by atoms with E-state index in [0.717, 1.165) is 12.8 Å². The van der Waals surface area contributed by atoms with Crippen molar-refractivity contribution in [1.82, 2.24) is 5.32 Å². The summed E-state index contributed by atoms with van der Waals surface area (Å²) < 4.78 is 80.7. The number of alkyl halides is 6. The standard InChI is InChI=1S/C18H27F6NO/c19-17(20,21)10-8-12-11(4-3-5-14(12)18(22,23)24)13(9-10)16(26)15-6-1-2-7-25-15/h10-16,25-26H,1-9H2. The number of hydrogen-bond acceptors (Lipinski definition) is 2. The van der Waals surface area contributed by atoms with Gasteiger partial charge < -0.3 is 10.4 Å². The molecule has 7 atom stereocenters. The molecule has 1 heterocycles. The van der Waals surface area contributed by atoms with Crippen molar-refractivity contribution < 1.29 is 31.4 Å². The van der Waals surface area contributed by atoms with E-state index in [9.17, 15) is 31.4 Å². The number of fused-ring (bicyclic) bond motifs is 1. The van der Waals surface area contributed by atoms with Crippen LogP contribution in [0, 0.1) is 29.6 Å². The van der Waals surface area contributed by atoms with Gasteiger partial charge in [-0.3, -0.25) is 0 Å². The number of nitrogens with one attached hydrogen (secondary N) is 1. The van der Waals surface area contributed by atoms with Gasteiger partial charge in [-0.05, 0) is 62.8 Å². The Morgan fingerprint density at radius 2 is 1.54 bits per heavy atom. The molecule has 8 heteroatoms. The topological polar surface area (TPSA) is 32.3 Å². The number of hydrogen-bond donors (Lipinski definition) is 2. The third-order valence-electron chi connectivity index (χ3n) is 6.87. The van der Waals surface area contributed by atoms with Gasteiger partial charge in [0.25, 0.3) is 0 Å². The second-order valence-electron chi connectivity index (χ2n) is 8.33. The van der Waals surface area contributed by atoms with Gasteiger partial charge >= 0.3 is 12.4 Å². The minimum Gasteiger partial charge on any atom is -0.391 e. The first-order chi connectivity index (χ1) is 12.1. The van der Waals surface area contributed by atoms with Crippen LogP contribution in [0.4, 0.5) is 26.3 Å². The summed E-state index contributed by atoms with van der Waals surface area (Å²) in [6.45, 7) is 0.691. The van der Waals surface area contributed by atoms with Crippen molar-refractivity contribution in [2.75, 3.05) is 6.54 Å². The fourth-order valence-corrected chi connectivity index (χ4v) is 5.63. The molecule has 26 heavy (non-hydrogen) atoms. The SMILES string of the molecule is OC(C1CCCCN1)C1CC(C(F)(F)F)CC2C1CCCC2C(F)(F)F. The van der Waals surface area contributed by atoms with E-state index < -0.39 is 54.5 Å². The van der Waals surface area contributed by atoms with Gasteiger partial charge in [0.2, 0.25) is 0 Å². The second kappa shape index (κ2) is 7.49. The van der Waals surface area contributed by atoms with Crippen molar-refractivity contribution in [1.29, 1.82) is 0 Å². The van der Waals surface area contributed by atoms with Gasteiger partial charge in [0.05, 0.1) is 17.9 Å². The molecule has 2 saturated carbocycles. The second-order valence-corrected chi connectivity index (χ2v) is 8.33. The van der Waals surface area contributed by atoms with Gasteiger partial charge in [-0.25, -0.2) is 0 Å². The van der Waals surface area contributed by atoms with Crippen LogP contribution < -0.4 is 5.32 Å². The lowest BCUT2D eigenvalue weighted by atomic mass is 9.56. The Morgan fingerprint density at radius 1 is 0.808 bits per heavy atom. The predicted octanol–water partition coefficient (Wildman–Crippen LogP) is 4.67. The molecule has 0 aromatic carbocycles. The minimum absolute atomic E-state index is 0.0975. The third kappa shape index (κ3) is 4.16. The molecule has 3 fully saturated rings. The number of rotatable bonds is 2. The molecule has 152 valence electrons. The summed E-state index contributed by atoms with van der Waals surface area (Å²) in [6.07, 6.45) is -7.49. The molecule has 2 aliphatic carbocycles. The van der Waals surface area contributed by atoms with Crippen LogP contribution in [0.1, 0.15) is 51.4 Å². The van der Waals surface area contributed by atoms with Crippen LogP contribution in [-0.4, -0.2) is 36.1 Å². The summed E-state index contributed by atoms with van der Waals surface area (Å²) in [5, 5.41) is 14.0. The Morgan fingerprint density at radius 3 is 2.12 bits per heavy atom. The molecule has 0 amide bonds. The Balaban J connectivity index is 1.86. The zero-order valence-electron chi connectivity index (χ0n) is 14.6. The maximum Gasteiger partial charge on any atom is 0.392 e. The van der Waals surface area contributed by atoms with Crippen LogP contribution in [0.2, 0.25) is 0 Å². The average molecular weight is 387 g/mol. The first-order valence-electron chi connectivity index (χ1n) is 9.64. The number of aliphatic hydroxyl groups is 1. The smallest absolute Gasteiger partial charge is 0.391 e. The molecule has 3 aliphatic rings. The molecule has 0 aromatic heterocycles. The summed E-state index contributed by atoms with van der Waals surface area (Å²) in [7, 11) is 0. The summed E-state index contributed by atoms with van der Waals surface area (Å²) in [5.41, 5.74) is 0. The van der Waals surface area contributed by atoms with E-state index in [1.807, 2.05) is 0 Å². The van der Waals surface area contributed by atoms with E-state index in [4.69, 9.17) is 0 Å². The molecule has 1 aliphatic heterocycles. The fourth-order valence-electron chi connectivity index (χ4n) is 5.63. The normalized spacial score (nSPS) is 40.7. The molecule has 0 spiro atoms. The van der Waals surface area contributed by atoms with Crippen LogP contribution >= 0.6 is 0 Å². The minimum atomic E-state index is -4.52. The van der Waals surface area contributed by atoms with Crippen LogP contribution in [0.15, 0.2) is 0 Å². The highest BCUT2D eigenvalue weighted by Gasteiger charge is 2.57. The lowest BCUT2D eigenvalue weighted by molar-refractivity contribution is -0.241. The summed E-state index contributed by atoms with van der Waals surface area (Å²) in [6, 6.07) is -0.312. The molecule has 0 radical (unpaired) electrons. The van der Waals surface area contributed by atoms with E-state index in [1.165, 1.54) is 0 Å². The molecule has 3 rings (SSSR count). The molecule has 7 unspecified atom stereocenters. The van der Waals surface area contributed by atoms with E-state index >= 15 is 0 Å². The molecule has 2 N–H and O–H groups in total. The first kappa shape index (κ1) is 20.2. The number of aliphatic hydroxyl groups excluding tert-OH is 1. The number of piperidine rings is 1. The lowest BCUT2D eigenvalue weighted by Crippen LogP contribution is -2.54. The molecule has 2 nitrogen and oxygen atoms in total. The highest BCUT2D eigenvalue weighted by atomic mass is 19.4. The predicted molar refractivity (Wildman–Crippen MR) is 84.3 cm³/mol. The summed E-state index contributed by atoms with van der Waals surface area (Å²) >= 11 is 0. The fraction of sp³-hybridized carbons (Fsp3) is 1.00. The summed E-state index contributed by atoms with van der Waals surface area (Å²) in [4.78, 5) is 0. The zero-order valence-corrected chi connectivity index (χ0v) is 14.6. The van der Waals surface area contributed by atoms with Crippen molar-refractivity contribution in [3.05, 3.63) is 0 Å². The maximum atomic E-state index is 13.5. The molecule has 0 aromatic rings. The van der Waals surface area contributed by atoms with Crippen LogP contribution in [-0.2, 0) is 0 Å². The van der Waals surface area contributed by atoms with Gasteiger partial charge in [-0.15, -0.1) is 0 Å². The zero-order chi connectivity index (χ0) is 19.1. The highest BCUT2D eigenvalue weighted by Crippen LogP contribution is 2.56. The van der Waals surface area contributed by atoms with Crippen LogP contribution in [0.3, 0.4) is 0 Å². The van der Waals surface area contributed by atoms with Gasteiger partial charge in [0.15, 0.2) is 0 Å². The van der Waals surface area contributed by atoms with E-state index in [-0.39, 0.29) is 18.9 Å². The Hall–Kier alpha value is -0.500. The van der Waals surface area contributed by atoms with Crippen molar-refractivity contribution in [3.63, 3.8) is 0 Å². The number of halogens is 6. The van der Waals surface area contributed by atoms with E-state index in [1.54, 1.807) is 0 Å². The first-order valence-corrected chi connectivity index (χ1v) is 9.64. The van der Waals surface area contributed by atoms with Crippen molar-refractivity contribution >= 4 is 0 Å². The Labute approximate surface area is 149 Å².